The summed E-state index contributed by atoms with van der Waals surface area (Å²) in [6.45, 7) is 2.47. The average Bonchev–Trinajstić information content (AvgIpc) is 2.70. The molecule has 1 amide bonds. The van der Waals surface area contributed by atoms with Crippen LogP contribution in [0.4, 0.5) is 11.4 Å². The highest BCUT2D eigenvalue weighted by Crippen LogP contribution is 2.47. The molecule has 0 aliphatic carbocycles. The van der Waals surface area contributed by atoms with Gasteiger partial charge in [0.2, 0.25) is 11.5 Å². The highest BCUT2D eigenvalue weighted by molar-refractivity contribution is 6.10. The largest absolute Gasteiger partial charge is 0.493 e. The molecule has 0 bridgehead atoms. The number of methoxy groups -OCH3 is 3. The van der Waals surface area contributed by atoms with Gasteiger partial charge < -0.3 is 19.1 Å². The van der Waals surface area contributed by atoms with Gasteiger partial charge in [-0.15, -0.1) is 0 Å². The first kappa shape index (κ1) is 19.5. The van der Waals surface area contributed by atoms with Crippen LogP contribution in [-0.2, 0) is 6.42 Å². The van der Waals surface area contributed by atoms with E-state index in [0.29, 0.717) is 6.54 Å². The van der Waals surface area contributed by atoms with E-state index in [-0.39, 0.29) is 22.8 Å². The number of carbonyl (C=O) groups excluding carboxylic acids is 1. The smallest absolute Gasteiger partial charge is 0.327 e. The molecular weight excluding hydrogens is 364 g/mol. The van der Waals surface area contributed by atoms with Gasteiger partial charge in [-0.3, -0.25) is 14.9 Å². The van der Waals surface area contributed by atoms with Crippen LogP contribution in [0, 0.1) is 17.0 Å². The molecule has 0 N–H and O–H groups in total. The van der Waals surface area contributed by atoms with Crippen molar-refractivity contribution >= 4 is 17.3 Å². The summed E-state index contributed by atoms with van der Waals surface area (Å²) >= 11 is 0. The molecule has 3 rings (SSSR count). The molecule has 0 radical (unpaired) electrons. The van der Waals surface area contributed by atoms with E-state index in [4.69, 9.17) is 14.2 Å². The standard InChI is InChI=1S/C20H22N2O6/c1-12-7-8-15-13(10-12)6-5-9-21(15)20(23)14-11-16(26-2)18(27-3)19(28-4)17(14)22(24)25/h7-8,10-11H,5-6,9H2,1-4H3. The molecule has 2 aromatic carbocycles. The molecule has 1 aliphatic heterocycles. The zero-order chi connectivity index (χ0) is 20.4. The van der Waals surface area contributed by atoms with Gasteiger partial charge in [0.1, 0.15) is 5.56 Å². The van der Waals surface area contributed by atoms with Crippen molar-refractivity contribution in [2.75, 3.05) is 32.8 Å². The van der Waals surface area contributed by atoms with Crippen molar-refractivity contribution in [1.82, 2.24) is 0 Å². The molecule has 0 fully saturated rings. The Hall–Kier alpha value is -3.29. The molecule has 0 aromatic heterocycles. The number of carbonyl (C=O) groups is 1. The number of anilines is 1. The van der Waals surface area contributed by atoms with E-state index >= 15 is 0 Å². The van der Waals surface area contributed by atoms with Gasteiger partial charge in [-0.05, 0) is 31.4 Å². The second-order valence-corrected chi connectivity index (χ2v) is 6.49. The average molecular weight is 386 g/mol. The maximum atomic E-state index is 13.4. The number of benzene rings is 2. The van der Waals surface area contributed by atoms with Gasteiger partial charge in [0, 0.05) is 18.3 Å². The van der Waals surface area contributed by atoms with Crippen LogP contribution in [0.5, 0.6) is 17.2 Å². The summed E-state index contributed by atoms with van der Waals surface area (Å²) in [5.41, 5.74) is 2.38. The van der Waals surface area contributed by atoms with Gasteiger partial charge in [0.25, 0.3) is 5.91 Å². The summed E-state index contributed by atoms with van der Waals surface area (Å²) < 4.78 is 15.7. The Bertz CT molecular complexity index is 941. The second-order valence-electron chi connectivity index (χ2n) is 6.49. The molecule has 0 spiro atoms. The summed E-state index contributed by atoms with van der Waals surface area (Å²) in [5.74, 6) is -0.357. The zero-order valence-corrected chi connectivity index (χ0v) is 16.3. The summed E-state index contributed by atoms with van der Waals surface area (Å²) in [5, 5.41) is 11.8. The number of nitrogens with zero attached hydrogens (tertiary/aromatic N) is 2. The maximum Gasteiger partial charge on any atom is 0.327 e. The van der Waals surface area contributed by atoms with E-state index in [0.717, 1.165) is 29.7 Å². The van der Waals surface area contributed by atoms with E-state index in [1.54, 1.807) is 4.90 Å². The Kier molecular flexibility index (Phi) is 5.39. The summed E-state index contributed by atoms with van der Waals surface area (Å²) in [4.78, 5) is 26.1. The van der Waals surface area contributed by atoms with Gasteiger partial charge in [-0.2, -0.15) is 0 Å². The molecular formula is C20H22N2O6. The van der Waals surface area contributed by atoms with Crippen molar-refractivity contribution in [1.29, 1.82) is 0 Å². The first-order valence-corrected chi connectivity index (χ1v) is 8.81. The SMILES string of the molecule is COc1cc(C(=O)N2CCCc3cc(C)ccc32)c([N+](=O)[O-])c(OC)c1OC. The number of ether oxygens (including phenoxy) is 3. The number of fused-ring (bicyclic) bond motifs is 1. The van der Waals surface area contributed by atoms with Gasteiger partial charge in [0.15, 0.2) is 5.75 Å². The van der Waals surface area contributed by atoms with Crippen LogP contribution < -0.4 is 19.1 Å². The van der Waals surface area contributed by atoms with Crippen LogP contribution in [-0.4, -0.2) is 38.7 Å². The molecule has 0 saturated heterocycles. The molecule has 0 atom stereocenters. The highest BCUT2D eigenvalue weighted by Gasteiger charge is 2.35. The van der Waals surface area contributed by atoms with Crippen molar-refractivity contribution in [2.24, 2.45) is 0 Å². The number of rotatable bonds is 5. The third-order valence-electron chi connectivity index (χ3n) is 4.82. The van der Waals surface area contributed by atoms with Gasteiger partial charge in [0.05, 0.1) is 26.3 Å². The molecule has 2 aromatic rings. The lowest BCUT2D eigenvalue weighted by atomic mass is 9.98. The molecule has 0 unspecified atom stereocenters. The Labute approximate surface area is 162 Å². The maximum absolute atomic E-state index is 13.4. The third-order valence-corrected chi connectivity index (χ3v) is 4.82. The molecule has 28 heavy (non-hydrogen) atoms. The topological polar surface area (TPSA) is 91.1 Å². The first-order chi connectivity index (χ1) is 13.4. The predicted octanol–water partition coefficient (Wildman–Crippen LogP) is 3.52. The number of hydrogen-bond acceptors (Lipinski definition) is 6. The van der Waals surface area contributed by atoms with Crippen LogP contribution in [0.3, 0.4) is 0 Å². The number of amides is 1. The van der Waals surface area contributed by atoms with Crippen molar-refractivity contribution in [3.63, 3.8) is 0 Å². The van der Waals surface area contributed by atoms with Gasteiger partial charge in [-0.1, -0.05) is 17.7 Å². The summed E-state index contributed by atoms with van der Waals surface area (Å²) in [6.07, 6.45) is 1.64. The minimum atomic E-state index is -0.631. The lowest BCUT2D eigenvalue weighted by molar-refractivity contribution is -0.386. The zero-order valence-electron chi connectivity index (χ0n) is 16.3. The third kappa shape index (κ3) is 3.21. The molecule has 0 saturated carbocycles. The molecule has 1 heterocycles. The van der Waals surface area contributed by atoms with Crippen LogP contribution in [0.2, 0.25) is 0 Å². The fourth-order valence-electron chi connectivity index (χ4n) is 3.57. The number of aryl methyl sites for hydroxylation is 2. The number of nitro benzene ring substituents is 1. The van der Waals surface area contributed by atoms with E-state index in [9.17, 15) is 14.9 Å². The minimum Gasteiger partial charge on any atom is -0.493 e. The Morgan fingerprint density at radius 3 is 2.43 bits per heavy atom. The second kappa shape index (κ2) is 7.75. The Morgan fingerprint density at radius 1 is 1.11 bits per heavy atom. The monoisotopic (exact) mass is 386 g/mol. The van der Waals surface area contributed by atoms with Crippen molar-refractivity contribution in [3.05, 3.63) is 51.1 Å². The molecule has 8 heteroatoms. The minimum absolute atomic E-state index is 0.0721. The van der Waals surface area contributed by atoms with E-state index < -0.39 is 16.5 Å². The fraction of sp³-hybridized carbons (Fsp3) is 0.350. The van der Waals surface area contributed by atoms with E-state index in [1.165, 1.54) is 27.4 Å². The molecule has 148 valence electrons. The Morgan fingerprint density at radius 2 is 1.82 bits per heavy atom. The quantitative estimate of drug-likeness (QED) is 0.577. The van der Waals surface area contributed by atoms with Crippen LogP contribution in [0.15, 0.2) is 24.3 Å². The summed E-state index contributed by atoms with van der Waals surface area (Å²) in [7, 11) is 4.04. The fourth-order valence-corrected chi connectivity index (χ4v) is 3.57. The predicted molar refractivity (Wildman–Crippen MR) is 104 cm³/mol. The van der Waals surface area contributed by atoms with Gasteiger partial charge >= 0.3 is 5.69 Å². The van der Waals surface area contributed by atoms with Crippen molar-refractivity contribution in [3.8, 4) is 17.2 Å². The van der Waals surface area contributed by atoms with E-state index in [1.807, 2.05) is 25.1 Å². The summed E-state index contributed by atoms with van der Waals surface area (Å²) in [6, 6.07) is 7.18. The van der Waals surface area contributed by atoms with Crippen LogP contribution in [0.1, 0.15) is 27.9 Å². The lowest BCUT2D eigenvalue weighted by Crippen LogP contribution is -2.36. The van der Waals surface area contributed by atoms with Crippen LogP contribution >= 0.6 is 0 Å². The van der Waals surface area contributed by atoms with Gasteiger partial charge in [-0.25, -0.2) is 0 Å². The normalized spacial score (nSPS) is 12.9. The van der Waals surface area contributed by atoms with Crippen molar-refractivity contribution < 1.29 is 23.9 Å². The number of nitro groups is 1. The number of hydrogen-bond donors (Lipinski definition) is 0. The lowest BCUT2D eigenvalue weighted by Gasteiger charge is -2.30. The highest BCUT2D eigenvalue weighted by atomic mass is 16.6. The molecule has 1 aliphatic rings. The first-order valence-electron chi connectivity index (χ1n) is 8.81. The Balaban J connectivity index is 2.19. The van der Waals surface area contributed by atoms with E-state index in [2.05, 4.69) is 0 Å². The molecule has 8 nitrogen and oxygen atoms in total. The van der Waals surface area contributed by atoms with Crippen molar-refractivity contribution in [2.45, 2.75) is 19.8 Å². The van der Waals surface area contributed by atoms with Crippen LogP contribution in [0.25, 0.3) is 0 Å².